The summed E-state index contributed by atoms with van der Waals surface area (Å²) in [6.45, 7) is 8.25. The first-order chi connectivity index (χ1) is 19.3. The quantitative estimate of drug-likeness (QED) is 0.296. The Morgan fingerprint density at radius 1 is 1.15 bits per heavy atom. The molecule has 3 aliphatic carbocycles. The lowest BCUT2D eigenvalue weighted by atomic mass is 9.51. The number of amides is 1. The van der Waals surface area contributed by atoms with Crippen molar-refractivity contribution in [2.24, 2.45) is 22.7 Å². The molecule has 2 saturated carbocycles. The van der Waals surface area contributed by atoms with Crippen LogP contribution in [0.2, 0.25) is 0 Å². The number of rotatable bonds is 7. The molecule has 2 saturated heterocycles. The molecule has 2 aromatic rings. The summed E-state index contributed by atoms with van der Waals surface area (Å²) in [5.41, 5.74) is 0.221. The molecule has 2 heterocycles. The summed E-state index contributed by atoms with van der Waals surface area (Å²) in [5, 5.41) is 32.4. The molecule has 1 spiro atoms. The van der Waals surface area contributed by atoms with Crippen LogP contribution >= 0.6 is 11.8 Å². The van der Waals surface area contributed by atoms with Gasteiger partial charge in [-0.25, -0.2) is 4.79 Å². The van der Waals surface area contributed by atoms with Crippen LogP contribution in [0.5, 0.6) is 11.5 Å². The normalized spacial score (nSPS) is 33.0. The third-order valence-corrected chi connectivity index (χ3v) is 11.2. The number of ketones is 1. The van der Waals surface area contributed by atoms with Gasteiger partial charge in [-0.1, -0.05) is 42.5 Å². The number of hydrogen-bond donors (Lipinski definition) is 4. The molecule has 1 amide bonds. The number of hydrogen-bond acceptors (Lipinski definition) is 7. The second kappa shape index (κ2) is 9.36. The number of allylic oxidation sites excluding steroid dienone is 2. The predicted octanol–water partition coefficient (Wildman–Crippen LogP) is 5.97. The smallest absolute Gasteiger partial charge is 0.339 e. The monoisotopic (exact) mass is 577 g/mol. The Balaban J connectivity index is 1.31. The van der Waals surface area contributed by atoms with Crippen molar-refractivity contribution in [2.45, 2.75) is 76.4 Å². The van der Waals surface area contributed by atoms with Crippen molar-refractivity contribution in [2.75, 3.05) is 5.32 Å². The zero-order chi connectivity index (χ0) is 29.5. The second-order valence-corrected chi connectivity index (χ2v) is 13.9. The van der Waals surface area contributed by atoms with E-state index in [2.05, 4.69) is 30.4 Å². The van der Waals surface area contributed by atoms with Gasteiger partial charge in [-0.05, 0) is 81.5 Å². The molecule has 0 unspecified atom stereocenters. The van der Waals surface area contributed by atoms with Gasteiger partial charge in [0.05, 0.1) is 16.6 Å². The summed E-state index contributed by atoms with van der Waals surface area (Å²) < 4.78 is 6.59. The molecule has 9 heteroatoms. The maximum Gasteiger partial charge on any atom is 0.339 e. The SMILES string of the molecule is Cc1ccc(SC2=C[C@]34C[C@H]5C[C@H](O[C@@]5(C)C3)[C@H]4[C@](C)(CCC(=O)Nc3c(O)ccc(C(=O)O)c3O)C2=O)c(C)c1. The van der Waals surface area contributed by atoms with E-state index in [-0.39, 0.29) is 47.4 Å². The minimum Gasteiger partial charge on any atom is -0.506 e. The number of ether oxygens (including phenoxy) is 1. The highest BCUT2D eigenvalue weighted by molar-refractivity contribution is 8.04. The van der Waals surface area contributed by atoms with Crippen molar-refractivity contribution < 1.29 is 34.4 Å². The van der Waals surface area contributed by atoms with Crippen LogP contribution in [-0.2, 0) is 14.3 Å². The Bertz CT molecular complexity index is 1530. The lowest BCUT2D eigenvalue weighted by molar-refractivity contribution is -0.169. The molecule has 4 N–H and O–H groups in total. The third kappa shape index (κ3) is 4.27. The van der Waals surface area contributed by atoms with Gasteiger partial charge in [0, 0.05) is 22.6 Å². The first-order valence-electron chi connectivity index (χ1n) is 14.0. The lowest BCUT2D eigenvalue weighted by Crippen LogP contribution is -2.57. The van der Waals surface area contributed by atoms with Gasteiger partial charge < -0.3 is 25.4 Å². The fourth-order valence-corrected chi connectivity index (χ4v) is 9.54. The molecule has 2 aliphatic heterocycles. The number of anilines is 1. The Hall–Kier alpha value is -3.30. The van der Waals surface area contributed by atoms with Crippen molar-refractivity contribution in [3.8, 4) is 11.5 Å². The van der Waals surface area contributed by atoms with Gasteiger partial charge in [0.2, 0.25) is 5.91 Å². The Morgan fingerprint density at radius 2 is 1.90 bits per heavy atom. The average molecular weight is 578 g/mol. The maximum atomic E-state index is 14.4. The number of carbonyl (C=O) groups excluding carboxylic acids is 2. The molecule has 0 radical (unpaired) electrons. The van der Waals surface area contributed by atoms with Crippen molar-refractivity contribution in [1.29, 1.82) is 0 Å². The van der Waals surface area contributed by atoms with E-state index in [4.69, 9.17) is 4.74 Å². The number of carboxylic acid groups (broad SMARTS) is 1. The number of phenolic OH excluding ortho intramolecular Hbond substituents is 1. The van der Waals surface area contributed by atoms with Gasteiger partial charge in [-0.3, -0.25) is 9.59 Å². The standard InChI is InChI=1S/C32H35NO7S/c1-16-5-8-22(17(2)11-16)41-23-14-32-13-18-12-21(40-31(18,4)15-32)27(32)30(3,28(23)37)10-9-24(35)33-25-20(34)7-6-19(26(25)36)29(38)39/h5-8,11,14,18,21,27,34,36H,9-10,12-13,15H2,1-4H3,(H,33,35)(H,38,39)/t18-,21+,27+,30+,31+,32-/m1/s1. The minimum atomic E-state index is -1.39. The Morgan fingerprint density at radius 3 is 2.59 bits per heavy atom. The van der Waals surface area contributed by atoms with Crippen molar-refractivity contribution >= 4 is 35.1 Å². The minimum absolute atomic E-state index is 0.00650. The molecule has 2 aromatic carbocycles. The lowest BCUT2D eigenvalue weighted by Gasteiger charge is -2.56. The Labute approximate surface area is 243 Å². The van der Waals surface area contributed by atoms with Gasteiger partial charge in [-0.15, -0.1) is 0 Å². The van der Waals surface area contributed by atoms with Crippen molar-refractivity contribution in [3.63, 3.8) is 0 Å². The van der Waals surface area contributed by atoms with Crippen LogP contribution in [0.4, 0.5) is 5.69 Å². The highest BCUT2D eigenvalue weighted by Crippen LogP contribution is 2.72. The van der Waals surface area contributed by atoms with Gasteiger partial charge in [0.15, 0.2) is 11.5 Å². The van der Waals surface area contributed by atoms with Crippen LogP contribution in [0.1, 0.15) is 67.4 Å². The topological polar surface area (TPSA) is 133 Å². The number of carboxylic acids is 1. The number of benzene rings is 2. The van der Waals surface area contributed by atoms with E-state index < -0.39 is 34.4 Å². The zero-order valence-electron chi connectivity index (χ0n) is 23.6. The molecule has 0 aromatic heterocycles. The first kappa shape index (κ1) is 27.8. The van der Waals surface area contributed by atoms with Crippen LogP contribution in [0.3, 0.4) is 0 Å². The number of phenols is 2. The van der Waals surface area contributed by atoms with Gasteiger partial charge >= 0.3 is 5.97 Å². The van der Waals surface area contributed by atoms with Crippen LogP contribution in [0.15, 0.2) is 46.2 Å². The fraction of sp³-hybridized carbons (Fsp3) is 0.469. The molecule has 216 valence electrons. The van der Waals surface area contributed by atoms with E-state index in [0.29, 0.717) is 10.8 Å². The van der Waals surface area contributed by atoms with Gasteiger partial charge in [0.1, 0.15) is 17.0 Å². The third-order valence-electron chi connectivity index (χ3n) is 10.0. The number of carbonyl (C=O) groups is 3. The van der Waals surface area contributed by atoms with E-state index in [1.54, 1.807) is 0 Å². The van der Waals surface area contributed by atoms with Crippen LogP contribution in [0, 0.1) is 36.5 Å². The number of nitrogens with one attached hydrogen (secondary N) is 1. The predicted molar refractivity (Wildman–Crippen MR) is 154 cm³/mol. The summed E-state index contributed by atoms with van der Waals surface area (Å²) in [4.78, 5) is 40.7. The van der Waals surface area contributed by atoms with E-state index >= 15 is 0 Å². The molecular formula is C32H35NO7S. The van der Waals surface area contributed by atoms with E-state index in [1.165, 1.54) is 11.8 Å². The number of thioether (sulfide) groups is 1. The van der Waals surface area contributed by atoms with E-state index in [9.17, 15) is 29.7 Å². The maximum absolute atomic E-state index is 14.4. The van der Waals surface area contributed by atoms with Gasteiger partial charge in [0.25, 0.3) is 0 Å². The van der Waals surface area contributed by atoms with Gasteiger partial charge in [-0.2, -0.15) is 0 Å². The highest BCUT2D eigenvalue weighted by atomic mass is 32.2. The van der Waals surface area contributed by atoms with Crippen LogP contribution in [-0.4, -0.2) is 44.7 Å². The van der Waals surface area contributed by atoms with Crippen molar-refractivity contribution in [3.05, 3.63) is 58.0 Å². The summed E-state index contributed by atoms with van der Waals surface area (Å²) in [5.74, 6) is -2.69. The molecule has 4 fully saturated rings. The molecule has 6 atom stereocenters. The number of Topliss-reactive ketones (excluding diaryl/α,β-unsaturated/α-hetero) is 1. The molecule has 5 aliphatic rings. The van der Waals surface area contributed by atoms with Crippen LogP contribution < -0.4 is 5.32 Å². The van der Waals surface area contributed by atoms with Crippen molar-refractivity contribution in [1.82, 2.24) is 0 Å². The summed E-state index contributed by atoms with van der Waals surface area (Å²) in [7, 11) is 0. The largest absolute Gasteiger partial charge is 0.506 e. The number of aromatic hydroxyl groups is 2. The first-order valence-corrected chi connectivity index (χ1v) is 14.9. The van der Waals surface area contributed by atoms with Crippen LogP contribution in [0.25, 0.3) is 0 Å². The highest BCUT2D eigenvalue weighted by Gasteiger charge is 2.72. The zero-order valence-corrected chi connectivity index (χ0v) is 24.4. The number of aromatic carboxylic acids is 1. The summed E-state index contributed by atoms with van der Waals surface area (Å²) in [6, 6.07) is 8.40. The summed E-state index contributed by atoms with van der Waals surface area (Å²) >= 11 is 1.51. The molecule has 8 nitrogen and oxygen atoms in total. The summed E-state index contributed by atoms with van der Waals surface area (Å²) in [6.07, 6.45) is 5.08. The van der Waals surface area contributed by atoms with E-state index in [0.717, 1.165) is 47.4 Å². The molecule has 4 bridgehead atoms. The Kier molecular flexibility index (Phi) is 6.36. The molecule has 41 heavy (non-hydrogen) atoms. The molecular weight excluding hydrogens is 542 g/mol. The fourth-order valence-electron chi connectivity index (χ4n) is 8.32. The average Bonchev–Trinajstić information content (AvgIpc) is 3.25. The second-order valence-electron chi connectivity index (χ2n) is 12.8. The molecule has 7 rings (SSSR count). The van der Waals surface area contributed by atoms with E-state index in [1.807, 2.05) is 26.8 Å². The number of aryl methyl sites for hydroxylation is 2.